The normalized spacial score (nSPS) is 10.4. The summed E-state index contributed by atoms with van der Waals surface area (Å²) in [5.74, 6) is -0.0370. The summed E-state index contributed by atoms with van der Waals surface area (Å²) in [7, 11) is 0. The van der Waals surface area contributed by atoms with Crippen LogP contribution in [0.15, 0.2) is 37.2 Å². The Morgan fingerprint density at radius 3 is 3.24 bits per heavy atom. The molecular formula is C13H15N3O. The first kappa shape index (κ1) is 11.4. The number of pyridine rings is 1. The minimum absolute atomic E-state index is 0.0370. The summed E-state index contributed by atoms with van der Waals surface area (Å²) in [6.07, 6.45) is 5.78. The lowest BCUT2D eigenvalue weighted by Gasteiger charge is -1.98. The molecule has 0 spiro atoms. The molecule has 2 rings (SSSR count). The maximum atomic E-state index is 11.5. The van der Waals surface area contributed by atoms with Gasteiger partial charge in [0.25, 0.3) is 0 Å². The molecule has 0 aliphatic carbocycles. The van der Waals surface area contributed by atoms with Crippen LogP contribution < -0.4 is 5.32 Å². The highest BCUT2D eigenvalue weighted by Gasteiger charge is 2.06. The van der Waals surface area contributed by atoms with Crippen molar-refractivity contribution in [3.05, 3.63) is 48.4 Å². The maximum absolute atomic E-state index is 11.5. The van der Waals surface area contributed by atoms with E-state index in [1.54, 1.807) is 6.08 Å². The molecule has 2 aromatic rings. The van der Waals surface area contributed by atoms with Gasteiger partial charge in [0, 0.05) is 18.9 Å². The van der Waals surface area contributed by atoms with Crippen molar-refractivity contribution in [1.82, 2.24) is 14.7 Å². The number of rotatable bonds is 4. The molecule has 88 valence electrons. The third-order valence-corrected chi connectivity index (χ3v) is 2.45. The van der Waals surface area contributed by atoms with E-state index in [0.29, 0.717) is 13.0 Å². The molecule has 1 N–H and O–H groups in total. The van der Waals surface area contributed by atoms with Gasteiger partial charge in [0.2, 0.25) is 5.91 Å². The van der Waals surface area contributed by atoms with Crippen molar-refractivity contribution < 1.29 is 4.79 Å². The average molecular weight is 229 g/mol. The molecule has 0 aromatic carbocycles. The van der Waals surface area contributed by atoms with Gasteiger partial charge in [0.15, 0.2) is 0 Å². The quantitative estimate of drug-likeness (QED) is 0.807. The number of nitrogens with zero attached hydrogens (tertiary/aromatic N) is 2. The molecule has 0 saturated carbocycles. The van der Waals surface area contributed by atoms with Crippen molar-refractivity contribution >= 4 is 11.6 Å². The van der Waals surface area contributed by atoms with Gasteiger partial charge in [-0.05, 0) is 24.6 Å². The van der Waals surface area contributed by atoms with Crippen LogP contribution in [-0.4, -0.2) is 21.8 Å². The number of fused-ring (bicyclic) bond motifs is 1. The monoisotopic (exact) mass is 229 g/mol. The van der Waals surface area contributed by atoms with Gasteiger partial charge in [-0.2, -0.15) is 0 Å². The van der Waals surface area contributed by atoms with E-state index in [1.165, 1.54) is 0 Å². The Kier molecular flexibility index (Phi) is 3.23. The van der Waals surface area contributed by atoms with Gasteiger partial charge in [-0.25, -0.2) is 4.98 Å². The van der Waals surface area contributed by atoms with Crippen molar-refractivity contribution in [2.45, 2.75) is 13.3 Å². The van der Waals surface area contributed by atoms with Crippen molar-refractivity contribution in [1.29, 1.82) is 0 Å². The number of aryl methyl sites for hydroxylation is 1. The minimum atomic E-state index is -0.0370. The van der Waals surface area contributed by atoms with Crippen LogP contribution in [0.5, 0.6) is 0 Å². The van der Waals surface area contributed by atoms with E-state index < -0.39 is 0 Å². The van der Waals surface area contributed by atoms with Crippen LogP contribution in [0.25, 0.3) is 5.65 Å². The maximum Gasteiger partial charge on any atom is 0.226 e. The highest BCUT2D eigenvalue weighted by molar-refractivity contribution is 5.78. The molecule has 1 amide bonds. The summed E-state index contributed by atoms with van der Waals surface area (Å²) < 4.78 is 1.92. The molecular weight excluding hydrogens is 214 g/mol. The Labute approximate surface area is 100.0 Å². The number of carbonyl (C=O) groups is 1. The Morgan fingerprint density at radius 2 is 2.47 bits per heavy atom. The summed E-state index contributed by atoms with van der Waals surface area (Å²) >= 11 is 0. The Balaban J connectivity index is 2.14. The Morgan fingerprint density at radius 1 is 1.65 bits per heavy atom. The van der Waals surface area contributed by atoms with E-state index in [1.807, 2.05) is 35.9 Å². The number of amides is 1. The van der Waals surface area contributed by atoms with Gasteiger partial charge >= 0.3 is 0 Å². The zero-order valence-electron chi connectivity index (χ0n) is 9.81. The lowest BCUT2D eigenvalue weighted by atomic mass is 10.3. The van der Waals surface area contributed by atoms with Gasteiger partial charge in [0.05, 0.1) is 12.1 Å². The van der Waals surface area contributed by atoms with E-state index in [2.05, 4.69) is 16.9 Å². The van der Waals surface area contributed by atoms with Gasteiger partial charge in [-0.15, -0.1) is 6.58 Å². The number of hydrogen-bond acceptors (Lipinski definition) is 2. The fourth-order valence-corrected chi connectivity index (χ4v) is 1.63. The van der Waals surface area contributed by atoms with E-state index in [0.717, 1.165) is 16.9 Å². The smallest absolute Gasteiger partial charge is 0.226 e. The topological polar surface area (TPSA) is 46.4 Å². The van der Waals surface area contributed by atoms with Crippen molar-refractivity contribution in [3.8, 4) is 0 Å². The second-order valence-electron chi connectivity index (χ2n) is 3.97. The molecule has 0 unspecified atom stereocenters. The zero-order chi connectivity index (χ0) is 12.3. The van der Waals surface area contributed by atoms with Crippen LogP contribution in [0.3, 0.4) is 0 Å². The molecule has 2 aromatic heterocycles. The van der Waals surface area contributed by atoms with E-state index >= 15 is 0 Å². The van der Waals surface area contributed by atoms with Gasteiger partial charge < -0.3 is 9.72 Å². The molecule has 2 heterocycles. The predicted octanol–water partition coefficient (Wildman–Crippen LogP) is 1.49. The lowest BCUT2D eigenvalue weighted by Crippen LogP contribution is -2.25. The summed E-state index contributed by atoms with van der Waals surface area (Å²) in [6, 6.07) is 4.00. The molecule has 4 nitrogen and oxygen atoms in total. The van der Waals surface area contributed by atoms with Gasteiger partial charge in [0.1, 0.15) is 5.65 Å². The molecule has 17 heavy (non-hydrogen) atoms. The first-order valence-electron chi connectivity index (χ1n) is 5.51. The van der Waals surface area contributed by atoms with Crippen LogP contribution in [0, 0.1) is 6.92 Å². The molecule has 0 aliphatic heterocycles. The first-order chi connectivity index (χ1) is 8.19. The summed E-state index contributed by atoms with van der Waals surface area (Å²) in [4.78, 5) is 15.9. The highest BCUT2D eigenvalue weighted by atomic mass is 16.1. The average Bonchev–Trinajstić information content (AvgIpc) is 2.67. The molecule has 4 heteroatoms. The molecule has 0 fully saturated rings. The Bertz CT molecular complexity index is 557. The van der Waals surface area contributed by atoms with Crippen LogP contribution in [0.2, 0.25) is 0 Å². The van der Waals surface area contributed by atoms with E-state index in [4.69, 9.17) is 0 Å². The summed E-state index contributed by atoms with van der Waals surface area (Å²) in [6.45, 7) is 6.06. The molecule has 0 atom stereocenters. The number of carbonyl (C=O) groups excluding carboxylic acids is 1. The molecule has 0 saturated heterocycles. The molecule has 0 aliphatic rings. The summed E-state index contributed by atoms with van der Waals surface area (Å²) in [5, 5.41) is 2.73. The number of aromatic nitrogens is 2. The number of nitrogens with one attached hydrogen (secondary N) is 1. The highest BCUT2D eigenvalue weighted by Crippen LogP contribution is 2.07. The van der Waals surface area contributed by atoms with Gasteiger partial charge in [-0.1, -0.05) is 6.08 Å². The lowest BCUT2D eigenvalue weighted by molar-refractivity contribution is -0.120. The Hall–Kier alpha value is -2.10. The third kappa shape index (κ3) is 2.72. The van der Waals surface area contributed by atoms with Crippen molar-refractivity contribution in [3.63, 3.8) is 0 Å². The number of imidazole rings is 1. The predicted molar refractivity (Wildman–Crippen MR) is 66.8 cm³/mol. The fraction of sp³-hybridized carbons (Fsp3) is 0.231. The van der Waals surface area contributed by atoms with Crippen LogP contribution in [0.1, 0.15) is 11.3 Å². The standard InChI is InChI=1S/C13H15N3O/c1-3-5-14-13(17)8-11-9-16-6-4-10(2)7-12(16)15-11/h3-4,6-7,9H,1,5,8H2,2H3,(H,14,17). The summed E-state index contributed by atoms with van der Waals surface area (Å²) in [5.41, 5.74) is 2.81. The molecule has 0 radical (unpaired) electrons. The van der Waals surface area contributed by atoms with Crippen molar-refractivity contribution in [2.24, 2.45) is 0 Å². The second kappa shape index (κ2) is 4.82. The van der Waals surface area contributed by atoms with Crippen molar-refractivity contribution in [2.75, 3.05) is 6.54 Å². The van der Waals surface area contributed by atoms with Crippen LogP contribution >= 0.6 is 0 Å². The van der Waals surface area contributed by atoms with Gasteiger partial charge in [-0.3, -0.25) is 4.79 Å². The minimum Gasteiger partial charge on any atom is -0.352 e. The third-order valence-electron chi connectivity index (χ3n) is 2.45. The SMILES string of the molecule is C=CCNC(=O)Cc1cn2ccc(C)cc2n1. The van der Waals surface area contributed by atoms with Crippen LogP contribution in [-0.2, 0) is 11.2 Å². The zero-order valence-corrected chi connectivity index (χ0v) is 9.81. The second-order valence-corrected chi connectivity index (χ2v) is 3.97. The molecule has 0 bridgehead atoms. The largest absolute Gasteiger partial charge is 0.352 e. The first-order valence-corrected chi connectivity index (χ1v) is 5.51. The van der Waals surface area contributed by atoms with Crippen LogP contribution in [0.4, 0.5) is 0 Å². The number of hydrogen-bond donors (Lipinski definition) is 1. The van der Waals surface area contributed by atoms with E-state index in [9.17, 15) is 4.79 Å². The fourth-order valence-electron chi connectivity index (χ4n) is 1.63. The van der Waals surface area contributed by atoms with E-state index in [-0.39, 0.29) is 5.91 Å².